The minimum Gasteiger partial charge on any atom is -0.248 e. The molecule has 1 rings (SSSR count). The molecule has 0 spiro atoms. The lowest BCUT2D eigenvalue weighted by atomic mass is 10.2. The van der Waals surface area contributed by atoms with Crippen molar-refractivity contribution in [3.63, 3.8) is 0 Å². The van der Waals surface area contributed by atoms with Crippen LogP contribution >= 0.6 is 45.2 Å². The molecule has 0 radical (unpaired) electrons. The van der Waals surface area contributed by atoms with Crippen molar-refractivity contribution in [2.24, 2.45) is 0 Å². The molecule has 0 aromatic carbocycles. The van der Waals surface area contributed by atoms with Crippen molar-refractivity contribution >= 4 is 45.2 Å². The van der Waals surface area contributed by atoms with Crippen LogP contribution in [-0.2, 0) is 0 Å². The van der Waals surface area contributed by atoms with Crippen molar-refractivity contribution in [2.45, 2.75) is 6.43 Å². The molecule has 6 heteroatoms. The van der Waals surface area contributed by atoms with E-state index in [0.717, 1.165) is 0 Å². The smallest absolute Gasteiger partial charge is 0.248 e. The summed E-state index contributed by atoms with van der Waals surface area (Å²) in [6.07, 6.45) is -1.28. The van der Waals surface area contributed by atoms with E-state index in [9.17, 15) is 8.78 Å². The van der Waals surface area contributed by atoms with Crippen LogP contribution in [0.25, 0.3) is 0 Å². The molecular formula is C7H2F2I2N2. The van der Waals surface area contributed by atoms with Gasteiger partial charge in [-0.1, -0.05) is 0 Å². The molecule has 0 aliphatic rings. The monoisotopic (exact) mass is 406 g/mol. The third-order valence-electron chi connectivity index (χ3n) is 1.34. The van der Waals surface area contributed by atoms with E-state index in [0.29, 0.717) is 0 Å². The topological polar surface area (TPSA) is 36.7 Å². The van der Waals surface area contributed by atoms with Gasteiger partial charge in [-0.05, 0) is 45.2 Å². The molecule has 1 heterocycles. The summed E-state index contributed by atoms with van der Waals surface area (Å²) in [6.45, 7) is 0. The molecule has 0 saturated heterocycles. The molecule has 0 fully saturated rings. The average molecular weight is 406 g/mol. The van der Waals surface area contributed by atoms with Gasteiger partial charge in [-0.15, -0.1) is 0 Å². The summed E-state index contributed by atoms with van der Waals surface area (Å²) in [4.78, 5) is 3.71. The maximum Gasteiger partial charge on any atom is 0.267 e. The Kier molecular flexibility index (Phi) is 3.78. The molecule has 68 valence electrons. The molecule has 1 aromatic heterocycles. The Bertz CT molecular complexity index is 373. The van der Waals surface area contributed by atoms with Gasteiger partial charge in [0.2, 0.25) is 0 Å². The lowest BCUT2D eigenvalue weighted by Crippen LogP contribution is -1.99. The Labute approximate surface area is 101 Å². The van der Waals surface area contributed by atoms with Crippen LogP contribution in [0, 0.1) is 18.6 Å². The predicted octanol–water partition coefficient (Wildman–Crippen LogP) is 3.10. The van der Waals surface area contributed by atoms with Crippen LogP contribution in [-0.4, -0.2) is 4.98 Å². The Morgan fingerprint density at radius 2 is 2.08 bits per heavy atom. The zero-order chi connectivity index (χ0) is 10.0. The van der Waals surface area contributed by atoms with Gasteiger partial charge in [0.1, 0.15) is 9.77 Å². The van der Waals surface area contributed by atoms with E-state index >= 15 is 0 Å². The van der Waals surface area contributed by atoms with Crippen molar-refractivity contribution in [2.75, 3.05) is 0 Å². The minimum absolute atomic E-state index is 0.153. The lowest BCUT2D eigenvalue weighted by molar-refractivity contribution is 0.149. The van der Waals surface area contributed by atoms with E-state index in [1.807, 2.05) is 6.07 Å². The molecule has 13 heavy (non-hydrogen) atoms. The Morgan fingerprint density at radius 1 is 1.46 bits per heavy atom. The second-order valence-electron chi connectivity index (χ2n) is 2.10. The van der Waals surface area contributed by atoms with E-state index in [4.69, 9.17) is 5.26 Å². The first-order valence-electron chi connectivity index (χ1n) is 3.10. The fraction of sp³-hybridized carbons (Fsp3) is 0.143. The summed E-state index contributed by atoms with van der Waals surface area (Å²) >= 11 is 3.46. The number of aromatic nitrogens is 1. The molecule has 0 unspecified atom stereocenters. The maximum absolute atomic E-state index is 12.4. The number of hydrogen-bond donors (Lipinski definition) is 0. The van der Waals surface area contributed by atoms with E-state index in [-0.39, 0.29) is 18.4 Å². The highest BCUT2D eigenvalue weighted by atomic mass is 127. The summed E-state index contributed by atoms with van der Waals surface area (Å²) in [5.41, 5.74) is 0.0385. The Balaban J connectivity index is 3.41. The number of nitrogens with zero attached hydrogens (tertiary/aromatic N) is 2. The number of pyridine rings is 1. The van der Waals surface area contributed by atoms with Gasteiger partial charge < -0.3 is 0 Å². The average Bonchev–Trinajstić information content (AvgIpc) is 2.04. The van der Waals surface area contributed by atoms with E-state index in [2.05, 4.69) is 4.98 Å². The highest BCUT2D eigenvalue weighted by Crippen LogP contribution is 2.29. The van der Waals surface area contributed by atoms with Gasteiger partial charge in [0.25, 0.3) is 6.43 Å². The van der Waals surface area contributed by atoms with Crippen molar-refractivity contribution < 1.29 is 8.78 Å². The normalized spacial score (nSPS) is 10.2. The highest BCUT2D eigenvalue weighted by Gasteiger charge is 2.19. The van der Waals surface area contributed by atoms with Crippen LogP contribution < -0.4 is 0 Å². The van der Waals surface area contributed by atoms with Crippen LogP contribution in [0.3, 0.4) is 0 Å². The van der Waals surface area contributed by atoms with E-state index < -0.39 is 6.43 Å². The maximum atomic E-state index is 12.4. The molecule has 0 N–H and O–H groups in total. The van der Waals surface area contributed by atoms with Crippen molar-refractivity contribution in [3.05, 3.63) is 24.6 Å². The predicted molar refractivity (Wildman–Crippen MR) is 59.3 cm³/mol. The lowest BCUT2D eigenvalue weighted by Gasteiger charge is -2.05. The standard InChI is InChI=1S/C7H2F2I2N2/c8-6(9)4-5(10)3(1-12)2-13-7(4)11/h2,6H. The first kappa shape index (κ1) is 11.0. The number of halogens is 4. The Hall–Kier alpha value is -0.0400. The van der Waals surface area contributed by atoms with Gasteiger partial charge in [0, 0.05) is 9.77 Å². The van der Waals surface area contributed by atoms with Crippen LogP contribution in [0.2, 0.25) is 0 Å². The third-order valence-corrected chi connectivity index (χ3v) is 3.36. The van der Waals surface area contributed by atoms with Gasteiger partial charge in [0.15, 0.2) is 0 Å². The second-order valence-corrected chi connectivity index (χ2v) is 4.20. The molecule has 0 amide bonds. The number of nitriles is 1. The number of rotatable bonds is 1. The summed E-state index contributed by atoms with van der Waals surface area (Å²) < 4.78 is 25.4. The SMILES string of the molecule is N#Cc1cnc(I)c(C(F)F)c1I. The number of alkyl halides is 2. The van der Waals surface area contributed by atoms with Gasteiger partial charge in [-0.3, -0.25) is 0 Å². The van der Waals surface area contributed by atoms with Crippen LogP contribution in [0.15, 0.2) is 6.20 Å². The van der Waals surface area contributed by atoms with Gasteiger partial charge in [-0.2, -0.15) is 5.26 Å². The molecule has 0 saturated carbocycles. The fourth-order valence-corrected chi connectivity index (χ4v) is 2.66. The van der Waals surface area contributed by atoms with Crippen molar-refractivity contribution in [1.29, 1.82) is 5.26 Å². The third kappa shape index (κ3) is 2.25. The zero-order valence-corrected chi connectivity index (χ0v) is 10.4. The van der Waals surface area contributed by atoms with Gasteiger partial charge in [-0.25, -0.2) is 13.8 Å². The van der Waals surface area contributed by atoms with Gasteiger partial charge in [0.05, 0.1) is 11.1 Å². The molecule has 0 aliphatic carbocycles. The quantitative estimate of drug-likeness (QED) is 0.531. The molecule has 0 aliphatic heterocycles. The first-order valence-corrected chi connectivity index (χ1v) is 5.25. The van der Waals surface area contributed by atoms with E-state index in [1.54, 1.807) is 45.2 Å². The summed E-state index contributed by atoms with van der Waals surface area (Å²) in [6, 6.07) is 1.81. The summed E-state index contributed by atoms with van der Waals surface area (Å²) in [5.74, 6) is 0. The molecule has 0 bridgehead atoms. The molecule has 2 nitrogen and oxygen atoms in total. The summed E-state index contributed by atoms with van der Waals surface area (Å²) in [7, 11) is 0. The number of hydrogen-bond acceptors (Lipinski definition) is 2. The molecule has 1 aromatic rings. The summed E-state index contributed by atoms with van der Waals surface area (Å²) in [5, 5.41) is 8.57. The zero-order valence-electron chi connectivity index (χ0n) is 6.06. The first-order chi connectivity index (χ1) is 6.07. The Morgan fingerprint density at radius 3 is 2.54 bits per heavy atom. The van der Waals surface area contributed by atoms with Crippen LogP contribution in [0.1, 0.15) is 17.6 Å². The highest BCUT2D eigenvalue weighted by molar-refractivity contribution is 14.1. The fourth-order valence-electron chi connectivity index (χ4n) is 0.747. The second kappa shape index (κ2) is 4.45. The van der Waals surface area contributed by atoms with Crippen LogP contribution in [0.4, 0.5) is 8.78 Å². The largest absolute Gasteiger partial charge is 0.267 e. The van der Waals surface area contributed by atoms with E-state index in [1.165, 1.54) is 6.20 Å². The van der Waals surface area contributed by atoms with Gasteiger partial charge >= 0.3 is 0 Å². The van der Waals surface area contributed by atoms with Crippen molar-refractivity contribution in [1.82, 2.24) is 4.98 Å². The van der Waals surface area contributed by atoms with Crippen LogP contribution in [0.5, 0.6) is 0 Å². The van der Waals surface area contributed by atoms with Crippen molar-refractivity contribution in [3.8, 4) is 6.07 Å². The minimum atomic E-state index is -2.58. The molecule has 0 atom stereocenters. The molecular weight excluding hydrogens is 404 g/mol.